The number of anilines is 1. The van der Waals surface area contributed by atoms with Gasteiger partial charge in [0.1, 0.15) is 11.9 Å². The van der Waals surface area contributed by atoms with Crippen LogP contribution in [0, 0.1) is 5.82 Å². The zero-order chi connectivity index (χ0) is 13.0. The largest absolute Gasteiger partial charge is 0.378 e. The van der Waals surface area contributed by atoms with E-state index >= 15 is 0 Å². The third kappa shape index (κ3) is 2.68. The van der Waals surface area contributed by atoms with Gasteiger partial charge in [-0.1, -0.05) is 12.1 Å². The fraction of sp³-hybridized carbons (Fsp3) is 0.462. The summed E-state index contributed by atoms with van der Waals surface area (Å²) in [7, 11) is 0. The van der Waals surface area contributed by atoms with Gasteiger partial charge in [0.05, 0.1) is 18.9 Å². The molecule has 1 heterocycles. The van der Waals surface area contributed by atoms with Crippen LogP contribution in [-0.2, 0) is 9.53 Å². The second-order valence-electron chi connectivity index (χ2n) is 4.12. The number of benzene rings is 1. The van der Waals surface area contributed by atoms with Crippen LogP contribution >= 0.6 is 0 Å². The van der Waals surface area contributed by atoms with Crippen LogP contribution in [0.4, 0.5) is 10.1 Å². The van der Waals surface area contributed by atoms with Gasteiger partial charge in [-0.2, -0.15) is 0 Å². The lowest BCUT2D eigenvalue weighted by Crippen LogP contribution is -2.52. The van der Waals surface area contributed by atoms with Crippen LogP contribution < -0.4 is 10.2 Å². The van der Waals surface area contributed by atoms with Gasteiger partial charge in [0.15, 0.2) is 0 Å². The number of para-hydroxylation sites is 1. The maximum Gasteiger partial charge on any atom is 0.246 e. The van der Waals surface area contributed by atoms with Crippen molar-refractivity contribution in [2.45, 2.75) is 13.0 Å². The zero-order valence-electron chi connectivity index (χ0n) is 10.4. The van der Waals surface area contributed by atoms with Crippen molar-refractivity contribution in [1.82, 2.24) is 5.32 Å². The molecule has 18 heavy (non-hydrogen) atoms. The number of hydrogen-bond donors (Lipinski definition) is 1. The Bertz CT molecular complexity index is 419. The summed E-state index contributed by atoms with van der Waals surface area (Å²) >= 11 is 0. The molecule has 4 nitrogen and oxygen atoms in total. The van der Waals surface area contributed by atoms with Gasteiger partial charge in [-0.3, -0.25) is 4.79 Å². The number of nitrogens with zero attached hydrogens (tertiary/aromatic N) is 1. The minimum atomic E-state index is -0.390. The first kappa shape index (κ1) is 13.0. The molecule has 1 atom stereocenters. The fourth-order valence-corrected chi connectivity index (χ4v) is 2.03. The molecule has 0 aliphatic carbocycles. The summed E-state index contributed by atoms with van der Waals surface area (Å²) in [4.78, 5) is 13.7. The molecular weight excluding hydrogens is 235 g/mol. The molecule has 1 aromatic rings. The Morgan fingerprint density at radius 2 is 2.33 bits per heavy atom. The molecule has 1 aliphatic rings. The molecule has 98 valence electrons. The Hall–Kier alpha value is -1.46. The van der Waals surface area contributed by atoms with Crippen molar-refractivity contribution in [3.05, 3.63) is 30.1 Å². The Morgan fingerprint density at radius 3 is 2.94 bits per heavy atom. The molecule has 5 heteroatoms. The number of carbonyl (C=O) groups excluding carboxylic acids is 1. The molecule has 1 fully saturated rings. The molecule has 0 radical (unpaired) electrons. The molecule has 1 aliphatic heterocycles. The van der Waals surface area contributed by atoms with Crippen molar-refractivity contribution in [2.24, 2.45) is 0 Å². The third-order valence-electron chi connectivity index (χ3n) is 2.95. The quantitative estimate of drug-likeness (QED) is 0.878. The number of amides is 1. The van der Waals surface area contributed by atoms with E-state index < -0.39 is 6.04 Å². The van der Waals surface area contributed by atoms with Crippen molar-refractivity contribution in [3.8, 4) is 0 Å². The lowest BCUT2D eigenvalue weighted by Gasteiger charge is -2.29. The van der Waals surface area contributed by atoms with Crippen LogP contribution in [0.15, 0.2) is 24.3 Å². The number of rotatable bonds is 3. The van der Waals surface area contributed by atoms with Crippen molar-refractivity contribution in [3.63, 3.8) is 0 Å². The molecule has 1 saturated heterocycles. The highest BCUT2D eigenvalue weighted by Crippen LogP contribution is 2.19. The minimum absolute atomic E-state index is 0.151. The van der Waals surface area contributed by atoms with Crippen LogP contribution in [0.5, 0.6) is 0 Å². The van der Waals surface area contributed by atoms with Crippen molar-refractivity contribution < 1.29 is 13.9 Å². The monoisotopic (exact) mass is 252 g/mol. The van der Waals surface area contributed by atoms with E-state index in [1.807, 2.05) is 6.92 Å². The Balaban J connectivity index is 2.17. The minimum Gasteiger partial charge on any atom is -0.378 e. The summed E-state index contributed by atoms with van der Waals surface area (Å²) in [5.74, 6) is -0.535. The maximum absolute atomic E-state index is 13.7. The molecule has 0 bridgehead atoms. The van der Waals surface area contributed by atoms with Gasteiger partial charge in [-0.05, 0) is 19.1 Å². The lowest BCUT2D eigenvalue weighted by molar-refractivity contribution is -0.123. The van der Waals surface area contributed by atoms with Crippen LogP contribution in [0.3, 0.4) is 0 Å². The van der Waals surface area contributed by atoms with E-state index in [-0.39, 0.29) is 11.7 Å². The molecule has 1 amide bonds. The summed E-state index contributed by atoms with van der Waals surface area (Å²) in [6.07, 6.45) is 0. The molecule has 1 aromatic carbocycles. The predicted octanol–water partition coefficient (Wildman–Crippen LogP) is 1.17. The number of halogens is 1. The van der Waals surface area contributed by atoms with Crippen LogP contribution in [0.2, 0.25) is 0 Å². The Labute approximate surface area is 106 Å². The van der Waals surface area contributed by atoms with E-state index in [9.17, 15) is 9.18 Å². The number of morpholine rings is 1. The van der Waals surface area contributed by atoms with E-state index in [0.29, 0.717) is 32.0 Å². The Morgan fingerprint density at radius 1 is 1.56 bits per heavy atom. The second kappa shape index (κ2) is 5.93. The first-order valence-corrected chi connectivity index (χ1v) is 6.11. The molecule has 0 aromatic heterocycles. The standard InChI is InChI=1S/C13H17FN2O2/c1-2-16(12-6-4-3-5-10(12)14)13(17)11-9-18-8-7-15-11/h3-6,11,15H,2,7-9H2,1H3. The first-order chi connectivity index (χ1) is 8.74. The highest BCUT2D eigenvalue weighted by molar-refractivity contribution is 5.97. The molecule has 2 rings (SSSR count). The SMILES string of the molecule is CCN(C(=O)C1COCCN1)c1ccccc1F. The van der Waals surface area contributed by atoms with E-state index in [1.165, 1.54) is 11.0 Å². The number of nitrogens with one attached hydrogen (secondary N) is 1. The van der Waals surface area contributed by atoms with Crippen molar-refractivity contribution in [1.29, 1.82) is 0 Å². The molecule has 0 spiro atoms. The smallest absolute Gasteiger partial charge is 0.246 e. The van der Waals surface area contributed by atoms with Gasteiger partial charge in [0.25, 0.3) is 0 Å². The number of carbonyl (C=O) groups is 1. The second-order valence-corrected chi connectivity index (χ2v) is 4.12. The summed E-state index contributed by atoms with van der Waals surface area (Å²) in [5.41, 5.74) is 0.317. The van der Waals surface area contributed by atoms with E-state index in [4.69, 9.17) is 4.74 Å². The van der Waals surface area contributed by atoms with E-state index in [1.54, 1.807) is 18.2 Å². The number of likely N-dealkylation sites (N-methyl/N-ethyl adjacent to an activating group) is 1. The van der Waals surface area contributed by atoms with Crippen LogP contribution in [0.1, 0.15) is 6.92 Å². The normalized spacial score (nSPS) is 19.6. The van der Waals surface area contributed by atoms with Gasteiger partial charge in [0.2, 0.25) is 5.91 Å². The van der Waals surface area contributed by atoms with E-state index in [2.05, 4.69) is 5.32 Å². The van der Waals surface area contributed by atoms with Gasteiger partial charge in [0, 0.05) is 13.1 Å². The number of ether oxygens (including phenoxy) is 1. The van der Waals surface area contributed by atoms with Crippen molar-refractivity contribution in [2.75, 3.05) is 31.2 Å². The van der Waals surface area contributed by atoms with Crippen LogP contribution in [0.25, 0.3) is 0 Å². The summed E-state index contributed by atoms with van der Waals surface area (Å²) < 4.78 is 19.0. The number of hydrogen-bond acceptors (Lipinski definition) is 3. The zero-order valence-corrected chi connectivity index (χ0v) is 10.4. The predicted molar refractivity (Wildman–Crippen MR) is 67.0 cm³/mol. The highest BCUT2D eigenvalue weighted by atomic mass is 19.1. The summed E-state index contributed by atoms with van der Waals surface area (Å²) in [5, 5.41) is 3.08. The van der Waals surface area contributed by atoms with Gasteiger partial charge in [-0.15, -0.1) is 0 Å². The summed E-state index contributed by atoms with van der Waals surface area (Å²) in [6.45, 7) is 3.84. The van der Waals surface area contributed by atoms with Crippen molar-refractivity contribution >= 4 is 11.6 Å². The van der Waals surface area contributed by atoms with Crippen LogP contribution in [-0.4, -0.2) is 38.3 Å². The van der Waals surface area contributed by atoms with Gasteiger partial charge < -0.3 is 15.0 Å². The average molecular weight is 252 g/mol. The van der Waals surface area contributed by atoms with E-state index in [0.717, 1.165) is 0 Å². The highest BCUT2D eigenvalue weighted by Gasteiger charge is 2.27. The third-order valence-corrected chi connectivity index (χ3v) is 2.95. The van der Waals surface area contributed by atoms with Gasteiger partial charge in [-0.25, -0.2) is 4.39 Å². The Kier molecular flexibility index (Phi) is 4.28. The fourth-order valence-electron chi connectivity index (χ4n) is 2.03. The first-order valence-electron chi connectivity index (χ1n) is 6.11. The topological polar surface area (TPSA) is 41.6 Å². The van der Waals surface area contributed by atoms with Gasteiger partial charge >= 0.3 is 0 Å². The molecule has 1 N–H and O–H groups in total. The maximum atomic E-state index is 13.7. The molecule has 0 saturated carbocycles. The summed E-state index contributed by atoms with van der Waals surface area (Å²) in [6, 6.07) is 5.91. The molecular formula is C13H17FN2O2. The molecule has 1 unspecified atom stereocenters. The average Bonchev–Trinajstić information content (AvgIpc) is 2.42. The lowest BCUT2D eigenvalue weighted by atomic mass is 10.2.